The van der Waals surface area contributed by atoms with Crippen molar-refractivity contribution in [1.29, 1.82) is 0 Å². The van der Waals surface area contributed by atoms with Gasteiger partial charge in [0.25, 0.3) is 0 Å². The van der Waals surface area contributed by atoms with E-state index in [2.05, 4.69) is 149 Å². The normalized spacial score (nSPS) is 14.8. The van der Waals surface area contributed by atoms with Crippen molar-refractivity contribution in [1.82, 2.24) is 15.0 Å². The lowest BCUT2D eigenvalue weighted by atomic mass is 9.63. The Kier molecular flexibility index (Phi) is 7.29. The molecule has 1 aromatic heterocycles. The van der Waals surface area contributed by atoms with E-state index < -0.39 is 0 Å². The van der Waals surface area contributed by atoms with Crippen molar-refractivity contribution in [3.8, 4) is 56.4 Å². The van der Waals surface area contributed by atoms with E-state index in [4.69, 9.17) is 15.0 Å². The van der Waals surface area contributed by atoms with Gasteiger partial charge in [0, 0.05) is 16.7 Å². The average molecular weight is 622 g/mol. The van der Waals surface area contributed by atoms with E-state index in [-0.39, 0.29) is 10.8 Å². The maximum Gasteiger partial charge on any atom is 0.164 e. The van der Waals surface area contributed by atoms with Crippen LogP contribution in [0.15, 0.2) is 140 Å². The van der Waals surface area contributed by atoms with Crippen LogP contribution in [0.5, 0.6) is 0 Å². The fraction of sp³-hybridized carbons (Fsp3) is 0.178. The SMILES string of the molecule is CC1(C)CCC(C)(C)c2cc(-c3nc(-c4ccccc4)nc(-c4cccc(-c5cccc6cccc(-c7ccccc7)c56)c4)n3)ccc21. The summed E-state index contributed by atoms with van der Waals surface area (Å²) in [7, 11) is 0. The molecule has 0 saturated heterocycles. The van der Waals surface area contributed by atoms with Crippen molar-refractivity contribution in [2.45, 2.75) is 51.4 Å². The highest BCUT2D eigenvalue weighted by atomic mass is 15.0. The quantitative estimate of drug-likeness (QED) is 0.192. The summed E-state index contributed by atoms with van der Waals surface area (Å²) in [6, 6.07) is 49.5. The molecule has 0 atom stereocenters. The van der Waals surface area contributed by atoms with Crippen LogP contribution in [-0.4, -0.2) is 15.0 Å². The number of hydrogen-bond donors (Lipinski definition) is 0. The lowest BCUT2D eigenvalue weighted by Gasteiger charge is -2.42. The topological polar surface area (TPSA) is 38.7 Å². The molecule has 0 amide bonds. The Morgan fingerprint density at radius 1 is 0.396 bits per heavy atom. The van der Waals surface area contributed by atoms with Crippen LogP contribution in [0.2, 0.25) is 0 Å². The summed E-state index contributed by atoms with van der Waals surface area (Å²) in [5, 5.41) is 2.45. The van der Waals surface area contributed by atoms with Crippen LogP contribution >= 0.6 is 0 Å². The van der Waals surface area contributed by atoms with Crippen molar-refractivity contribution in [2.75, 3.05) is 0 Å². The number of fused-ring (bicyclic) bond motifs is 2. The molecular weight excluding hydrogens is 583 g/mol. The summed E-state index contributed by atoms with van der Waals surface area (Å²) in [4.78, 5) is 15.3. The van der Waals surface area contributed by atoms with Crippen molar-refractivity contribution in [2.24, 2.45) is 0 Å². The van der Waals surface area contributed by atoms with Crippen LogP contribution in [0.25, 0.3) is 67.2 Å². The maximum atomic E-state index is 5.17. The van der Waals surface area contributed by atoms with Gasteiger partial charge in [0.1, 0.15) is 0 Å². The van der Waals surface area contributed by atoms with Gasteiger partial charge in [-0.3, -0.25) is 0 Å². The van der Waals surface area contributed by atoms with Crippen LogP contribution in [0.3, 0.4) is 0 Å². The molecule has 3 heteroatoms. The highest BCUT2D eigenvalue weighted by Gasteiger charge is 2.37. The van der Waals surface area contributed by atoms with Crippen LogP contribution in [0.1, 0.15) is 51.7 Å². The molecule has 1 aliphatic carbocycles. The van der Waals surface area contributed by atoms with Crippen LogP contribution in [0, 0.1) is 0 Å². The minimum atomic E-state index is 0.0877. The fourth-order valence-corrected chi connectivity index (χ4v) is 7.34. The maximum absolute atomic E-state index is 5.17. The van der Waals surface area contributed by atoms with Gasteiger partial charge < -0.3 is 0 Å². The van der Waals surface area contributed by atoms with Crippen molar-refractivity contribution in [3.05, 3.63) is 151 Å². The summed E-state index contributed by atoms with van der Waals surface area (Å²) < 4.78 is 0. The molecule has 0 N–H and O–H groups in total. The minimum absolute atomic E-state index is 0.0877. The lowest BCUT2D eigenvalue weighted by molar-refractivity contribution is 0.332. The summed E-state index contributed by atoms with van der Waals surface area (Å²) in [5.74, 6) is 2.04. The Hall–Kier alpha value is -5.41. The predicted octanol–water partition coefficient (Wildman–Crippen LogP) is 11.7. The zero-order valence-corrected chi connectivity index (χ0v) is 28.0. The third-order valence-corrected chi connectivity index (χ3v) is 10.2. The molecule has 8 rings (SSSR count). The molecule has 0 unspecified atom stereocenters. The average Bonchev–Trinajstić information content (AvgIpc) is 3.13. The number of nitrogens with zero attached hydrogens (tertiary/aromatic N) is 3. The molecule has 6 aromatic carbocycles. The Bertz CT molecular complexity index is 2280. The highest BCUT2D eigenvalue weighted by molar-refractivity contribution is 6.06. The van der Waals surface area contributed by atoms with E-state index in [9.17, 15) is 0 Å². The largest absolute Gasteiger partial charge is 0.208 e. The third-order valence-electron chi connectivity index (χ3n) is 10.2. The molecule has 1 aliphatic rings. The smallest absolute Gasteiger partial charge is 0.164 e. The number of hydrogen-bond acceptors (Lipinski definition) is 3. The number of rotatable bonds is 5. The fourth-order valence-electron chi connectivity index (χ4n) is 7.34. The number of benzene rings is 6. The summed E-state index contributed by atoms with van der Waals surface area (Å²) in [5.41, 5.74) is 10.8. The van der Waals surface area contributed by atoms with Gasteiger partial charge in [-0.2, -0.15) is 0 Å². The molecule has 3 nitrogen and oxygen atoms in total. The molecular formula is C45H39N3. The van der Waals surface area contributed by atoms with Crippen LogP contribution in [-0.2, 0) is 10.8 Å². The van der Waals surface area contributed by atoms with Gasteiger partial charge in [0.05, 0.1) is 0 Å². The second kappa shape index (κ2) is 11.7. The lowest BCUT2D eigenvalue weighted by Crippen LogP contribution is -2.33. The van der Waals surface area contributed by atoms with E-state index >= 15 is 0 Å². The Morgan fingerprint density at radius 3 is 1.52 bits per heavy atom. The monoisotopic (exact) mass is 621 g/mol. The number of aromatic nitrogens is 3. The molecule has 0 bridgehead atoms. The van der Waals surface area contributed by atoms with Gasteiger partial charge >= 0.3 is 0 Å². The molecule has 7 aromatic rings. The molecule has 0 spiro atoms. The van der Waals surface area contributed by atoms with Crippen LogP contribution < -0.4 is 0 Å². The Labute approximate surface area is 283 Å². The van der Waals surface area contributed by atoms with E-state index in [1.807, 2.05) is 18.2 Å². The summed E-state index contributed by atoms with van der Waals surface area (Å²) in [6.45, 7) is 9.45. The Morgan fingerprint density at radius 2 is 0.875 bits per heavy atom. The molecule has 48 heavy (non-hydrogen) atoms. The van der Waals surface area contributed by atoms with Gasteiger partial charge in [-0.25, -0.2) is 15.0 Å². The van der Waals surface area contributed by atoms with E-state index in [1.165, 1.54) is 45.0 Å². The zero-order chi connectivity index (χ0) is 32.9. The first kappa shape index (κ1) is 30.0. The first-order valence-corrected chi connectivity index (χ1v) is 16.9. The van der Waals surface area contributed by atoms with E-state index in [0.717, 1.165) is 28.7 Å². The molecule has 1 heterocycles. The summed E-state index contributed by atoms with van der Waals surface area (Å²) in [6.07, 6.45) is 2.33. The zero-order valence-electron chi connectivity index (χ0n) is 28.0. The molecule has 0 fully saturated rings. The van der Waals surface area contributed by atoms with E-state index in [0.29, 0.717) is 17.5 Å². The van der Waals surface area contributed by atoms with Gasteiger partial charge in [-0.05, 0) is 80.0 Å². The first-order chi connectivity index (χ1) is 23.3. The second-order valence-corrected chi connectivity index (χ2v) is 14.4. The molecule has 0 saturated carbocycles. The second-order valence-electron chi connectivity index (χ2n) is 14.4. The molecule has 0 radical (unpaired) electrons. The third kappa shape index (κ3) is 5.40. The van der Waals surface area contributed by atoms with Gasteiger partial charge in [0.15, 0.2) is 17.5 Å². The minimum Gasteiger partial charge on any atom is -0.208 e. The van der Waals surface area contributed by atoms with Gasteiger partial charge in [-0.15, -0.1) is 0 Å². The predicted molar refractivity (Wildman–Crippen MR) is 200 cm³/mol. The van der Waals surface area contributed by atoms with E-state index in [1.54, 1.807) is 0 Å². The van der Waals surface area contributed by atoms with Crippen LogP contribution in [0.4, 0.5) is 0 Å². The highest BCUT2D eigenvalue weighted by Crippen LogP contribution is 2.47. The van der Waals surface area contributed by atoms with Crippen molar-refractivity contribution in [3.63, 3.8) is 0 Å². The van der Waals surface area contributed by atoms with Gasteiger partial charge in [0.2, 0.25) is 0 Å². The molecule has 0 aliphatic heterocycles. The standard InChI is InChI=1S/C45H39N3/c1-44(2)26-27-45(3,4)39-29-35(24-25-38(39)44)43-47-41(32-16-9-6-10-17-32)46-42(48-43)34-21-11-20-33(28-34)37-23-13-19-31-18-12-22-36(40(31)37)30-14-7-5-8-15-30/h5-25,28-29H,26-27H2,1-4H3. The summed E-state index contributed by atoms with van der Waals surface area (Å²) >= 11 is 0. The van der Waals surface area contributed by atoms with Crippen molar-refractivity contribution < 1.29 is 0 Å². The van der Waals surface area contributed by atoms with Crippen molar-refractivity contribution >= 4 is 10.8 Å². The van der Waals surface area contributed by atoms with Gasteiger partial charge in [-0.1, -0.05) is 155 Å². The Balaban J connectivity index is 1.29. The first-order valence-electron chi connectivity index (χ1n) is 16.9. The molecule has 234 valence electrons.